The van der Waals surface area contributed by atoms with Crippen molar-refractivity contribution in [1.29, 1.82) is 0 Å². The summed E-state index contributed by atoms with van der Waals surface area (Å²) in [6.07, 6.45) is 5.18. The first kappa shape index (κ1) is 14.2. The molecule has 0 saturated heterocycles. The zero-order valence-electron chi connectivity index (χ0n) is 11.8. The number of benzene rings is 1. The van der Waals surface area contributed by atoms with E-state index in [0.29, 0.717) is 11.8 Å². The third kappa shape index (κ3) is 2.17. The second kappa shape index (κ2) is 5.08. The van der Waals surface area contributed by atoms with Crippen molar-refractivity contribution < 1.29 is 14.7 Å². The van der Waals surface area contributed by atoms with Crippen LogP contribution in [0, 0.1) is 39.1 Å². The predicted molar refractivity (Wildman–Crippen MR) is 90.1 cm³/mol. The van der Waals surface area contributed by atoms with Crippen LogP contribution >= 0.6 is 22.6 Å². The molecule has 2 fully saturated rings. The molecule has 2 saturated carbocycles. The lowest BCUT2D eigenvalue weighted by molar-refractivity contribution is -0.152. The molecule has 1 amide bonds. The van der Waals surface area contributed by atoms with E-state index >= 15 is 0 Å². The number of hydrogen-bond acceptors (Lipinski definition) is 2. The molecule has 0 aliphatic heterocycles. The van der Waals surface area contributed by atoms with Crippen molar-refractivity contribution in [1.82, 2.24) is 0 Å². The third-order valence-electron chi connectivity index (χ3n) is 5.35. The molecule has 2 bridgehead atoms. The summed E-state index contributed by atoms with van der Waals surface area (Å²) in [4.78, 5) is 24.4. The van der Waals surface area contributed by atoms with Crippen LogP contribution in [0.3, 0.4) is 0 Å². The number of amides is 1. The van der Waals surface area contributed by atoms with E-state index in [1.165, 1.54) is 0 Å². The summed E-state index contributed by atoms with van der Waals surface area (Å²) in [6.45, 7) is 0. The number of allylic oxidation sites excluding steroid dienone is 2. The second-order valence-corrected chi connectivity index (χ2v) is 7.73. The topological polar surface area (TPSA) is 66.4 Å². The van der Waals surface area contributed by atoms with E-state index in [-0.39, 0.29) is 17.7 Å². The van der Waals surface area contributed by atoms with Crippen LogP contribution in [-0.4, -0.2) is 17.0 Å². The molecular formula is C17H16INO3. The van der Waals surface area contributed by atoms with E-state index in [4.69, 9.17) is 0 Å². The van der Waals surface area contributed by atoms with Crippen LogP contribution < -0.4 is 5.32 Å². The van der Waals surface area contributed by atoms with Gasteiger partial charge in [0.1, 0.15) is 0 Å². The molecule has 1 aromatic carbocycles. The molecule has 0 spiro atoms. The fourth-order valence-electron chi connectivity index (χ4n) is 4.33. The highest BCUT2D eigenvalue weighted by molar-refractivity contribution is 14.1. The van der Waals surface area contributed by atoms with Crippen molar-refractivity contribution in [3.8, 4) is 0 Å². The van der Waals surface area contributed by atoms with Gasteiger partial charge in [0, 0.05) is 9.26 Å². The number of carboxylic acids is 1. The van der Waals surface area contributed by atoms with Gasteiger partial charge in [0.25, 0.3) is 0 Å². The third-order valence-corrected chi connectivity index (χ3v) is 6.07. The molecule has 6 atom stereocenters. The average Bonchev–Trinajstić information content (AvgIpc) is 3.30. The molecule has 0 unspecified atom stereocenters. The Balaban J connectivity index is 1.60. The maximum absolute atomic E-state index is 12.7. The molecule has 114 valence electrons. The zero-order valence-corrected chi connectivity index (χ0v) is 13.9. The molecule has 0 radical (unpaired) electrons. The first-order valence-electron chi connectivity index (χ1n) is 7.54. The monoisotopic (exact) mass is 409 g/mol. The van der Waals surface area contributed by atoms with Gasteiger partial charge in [-0.2, -0.15) is 0 Å². The Labute approximate surface area is 142 Å². The number of carboxylic acid groups (broad SMARTS) is 1. The molecule has 4 nitrogen and oxygen atoms in total. The standard InChI is InChI=1S/C17H16INO3/c18-8-1-3-9(4-2-8)19-16(20)14-10-5-6-11(13-7-12(10)13)15(14)17(21)22/h1-6,10-15H,7H2,(H,19,20)(H,21,22)/t10-,11+,12+,13+,14-,15-/m0/s1. The Morgan fingerprint density at radius 2 is 1.64 bits per heavy atom. The Morgan fingerprint density at radius 3 is 2.23 bits per heavy atom. The molecule has 5 heteroatoms. The first-order valence-corrected chi connectivity index (χ1v) is 8.61. The van der Waals surface area contributed by atoms with Gasteiger partial charge >= 0.3 is 5.97 Å². The molecule has 1 aromatic rings. The van der Waals surface area contributed by atoms with Gasteiger partial charge in [-0.3, -0.25) is 9.59 Å². The highest BCUT2D eigenvalue weighted by atomic mass is 127. The van der Waals surface area contributed by atoms with E-state index in [0.717, 1.165) is 15.7 Å². The highest BCUT2D eigenvalue weighted by Crippen LogP contribution is 2.63. The summed E-state index contributed by atoms with van der Waals surface area (Å²) in [7, 11) is 0. The second-order valence-electron chi connectivity index (χ2n) is 6.49. The number of aliphatic carboxylic acids is 1. The van der Waals surface area contributed by atoms with Gasteiger partial charge in [0.05, 0.1) is 11.8 Å². The van der Waals surface area contributed by atoms with Crippen molar-refractivity contribution >= 4 is 40.2 Å². The molecular weight excluding hydrogens is 393 g/mol. The smallest absolute Gasteiger partial charge is 0.307 e. The van der Waals surface area contributed by atoms with Crippen molar-refractivity contribution in [2.75, 3.05) is 5.32 Å². The minimum Gasteiger partial charge on any atom is -0.481 e. The van der Waals surface area contributed by atoms with Gasteiger partial charge in [-0.05, 0) is 76.9 Å². The van der Waals surface area contributed by atoms with Gasteiger partial charge in [-0.25, -0.2) is 0 Å². The van der Waals surface area contributed by atoms with Crippen LogP contribution in [0.15, 0.2) is 36.4 Å². The van der Waals surface area contributed by atoms with Crippen LogP contribution in [0.1, 0.15) is 6.42 Å². The number of nitrogens with one attached hydrogen (secondary N) is 1. The Morgan fingerprint density at radius 1 is 1.05 bits per heavy atom. The minimum atomic E-state index is -0.840. The molecule has 2 N–H and O–H groups in total. The van der Waals surface area contributed by atoms with Gasteiger partial charge < -0.3 is 10.4 Å². The summed E-state index contributed by atoms with van der Waals surface area (Å²) < 4.78 is 1.10. The fourth-order valence-corrected chi connectivity index (χ4v) is 4.69. The van der Waals surface area contributed by atoms with Crippen molar-refractivity contribution in [2.45, 2.75) is 6.42 Å². The zero-order chi connectivity index (χ0) is 15.4. The summed E-state index contributed by atoms with van der Waals surface area (Å²) >= 11 is 2.21. The molecule has 4 aliphatic carbocycles. The summed E-state index contributed by atoms with van der Waals surface area (Å²) in [5.41, 5.74) is 0.729. The van der Waals surface area contributed by atoms with Gasteiger partial charge in [-0.15, -0.1) is 0 Å². The van der Waals surface area contributed by atoms with Crippen LogP contribution in [-0.2, 0) is 9.59 Å². The van der Waals surface area contributed by atoms with E-state index in [2.05, 4.69) is 34.0 Å². The Kier molecular flexibility index (Phi) is 3.29. The van der Waals surface area contributed by atoms with Crippen LogP contribution in [0.5, 0.6) is 0 Å². The van der Waals surface area contributed by atoms with Gasteiger partial charge in [-0.1, -0.05) is 12.2 Å². The fraction of sp³-hybridized carbons (Fsp3) is 0.412. The van der Waals surface area contributed by atoms with Crippen molar-refractivity contribution in [3.63, 3.8) is 0 Å². The predicted octanol–water partition coefficient (Wildman–Crippen LogP) is 3.00. The van der Waals surface area contributed by atoms with Crippen LogP contribution in [0.4, 0.5) is 5.69 Å². The highest BCUT2D eigenvalue weighted by Gasteiger charge is 2.62. The van der Waals surface area contributed by atoms with Crippen LogP contribution in [0.2, 0.25) is 0 Å². The maximum Gasteiger partial charge on any atom is 0.307 e. The van der Waals surface area contributed by atoms with Crippen molar-refractivity contribution in [2.24, 2.45) is 35.5 Å². The number of halogens is 1. The number of carbonyl (C=O) groups excluding carboxylic acids is 1. The number of fused-ring (bicyclic) bond motifs is 1. The van der Waals surface area contributed by atoms with E-state index < -0.39 is 17.8 Å². The molecule has 0 heterocycles. The summed E-state index contributed by atoms with van der Waals surface area (Å²) in [5, 5.41) is 12.5. The SMILES string of the molecule is O=C(O)[C@H]1[C@@H]2C=C[C@@H]([C@H]3C[C@H]23)[C@@H]1C(=O)Nc1ccc(I)cc1. The molecule has 5 rings (SSSR count). The number of anilines is 1. The molecule has 22 heavy (non-hydrogen) atoms. The average molecular weight is 409 g/mol. The van der Waals surface area contributed by atoms with E-state index in [9.17, 15) is 14.7 Å². The lowest BCUT2D eigenvalue weighted by Gasteiger charge is -2.41. The lowest BCUT2D eigenvalue weighted by atomic mass is 9.62. The Bertz CT molecular complexity index is 669. The van der Waals surface area contributed by atoms with E-state index in [1.807, 2.05) is 30.3 Å². The maximum atomic E-state index is 12.7. The quantitative estimate of drug-likeness (QED) is 0.596. The lowest BCUT2D eigenvalue weighted by Crippen LogP contribution is -2.48. The number of rotatable bonds is 3. The van der Waals surface area contributed by atoms with Crippen molar-refractivity contribution in [3.05, 3.63) is 40.0 Å². The summed E-state index contributed by atoms with van der Waals surface area (Å²) in [5.74, 6) is -0.916. The molecule has 0 aromatic heterocycles. The number of carbonyl (C=O) groups is 2. The van der Waals surface area contributed by atoms with Gasteiger partial charge in [0.2, 0.25) is 5.91 Å². The normalized spacial score (nSPS) is 37.5. The largest absolute Gasteiger partial charge is 0.481 e. The summed E-state index contributed by atoms with van der Waals surface area (Å²) in [6, 6.07) is 7.56. The molecule has 4 aliphatic rings. The first-order chi connectivity index (χ1) is 10.6. The van der Waals surface area contributed by atoms with Crippen LogP contribution in [0.25, 0.3) is 0 Å². The van der Waals surface area contributed by atoms with Gasteiger partial charge in [0.15, 0.2) is 0 Å². The minimum absolute atomic E-state index is 0.0278. The Hall–Kier alpha value is -1.37. The van der Waals surface area contributed by atoms with E-state index in [1.54, 1.807) is 0 Å². The number of hydrogen-bond donors (Lipinski definition) is 2.